The van der Waals surface area contributed by atoms with E-state index >= 15 is 0 Å². The van der Waals surface area contributed by atoms with E-state index in [1.165, 1.54) is 0 Å². The van der Waals surface area contributed by atoms with Gasteiger partial charge in [-0.1, -0.05) is 12.2 Å². The molecule has 2 heterocycles. The Bertz CT molecular complexity index is 449. The molecule has 0 saturated carbocycles. The standard InChI is InChI=1S/C9H9N3S/c1-12-6-8(5-11-12)7-2-3-9(13)10-4-7/h2-6H,1H3,(H,10,13). The Kier molecular flexibility index (Phi) is 1.98. The van der Waals surface area contributed by atoms with E-state index in [4.69, 9.17) is 12.2 Å². The van der Waals surface area contributed by atoms with Crippen LogP contribution < -0.4 is 0 Å². The minimum absolute atomic E-state index is 0.743. The quantitative estimate of drug-likeness (QED) is 0.701. The maximum Gasteiger partial charge on any atom is 0.103 e. The maximum absolute atomic E-state index is 4.95. The van der Waals surface area contributed by atoms with Crippen LogP contribution in [0.15, 0.2) is 30.7 Å². The summed E-state index contributed by atoms with van der Waals surface area (Å²) in [6.45, 7) is 0. The van der Waals surface area contributed by atoms with Gasteiger partial charge in [0, 0.05) is 30.6 Å². The lowest BCUT2D eigenvalue weighted by atomic mass is 10.2. The highest BCUT2D eigenvalue weighted by Gasteiger charge is 1.98. The van der Waals surface area contributed by atoms with Crippen LogP contribution in [0, 0.1) is 4.64 Å². The van der Waals surface area contributed by atoms with E-state index in [0.29, 0.717) is 0 Å². The molecule has 0 spiro atoms. The minimum Gasteiger partial charge on any atom is -0.352 e. The summed E-state index contributed by atoms with van der Waals surface area (Å²) in [5.74, 6) is 0. The SMILES string of the molecule is Cn1cc(-c2ccc(=S)[nH]c2)cn1. The summed E-state index contributed by atoms with van der Waals surface area (Å²) in [6.07, 6.45) is 5.68. The normalized spacial score (nSPS) is 10.2. The van der Waals surface area contributed by atoms with Gasteiger partial charge in [0.25, 0.3) is 0 Å². The van der Waals surface area contributed by atoms with Crippen LogP contribution in [-0.4, -0.2) is 14.8 Å². The first-order valence-electron chi connectivity index (χ1n) is 3.93. The number of hydrogen-bond donors (Lipinski definition) is 1. The Hall–Kier alpha value is -1.42. The lowest BCUT2D eigenvalue weighted by Gasteiger charge is -1.94. The van der Waals surface area contributed by atoms with E-state index in [1.54, 1.807) is 4.68 Å². The van der Waals surface area contributed by atoms with E-state index in [9.17, 15) is 0 Å². The van der Waals surface area contributed by atoms with Crippen molar-refractivity contribution in [2.75, 3.05) is 0 Å². The van der Waals surface area contributed by atoms with Gasteiger partial charge in [0.15, 0.2) is 0 Å². The molecule has 0 aromatic carbocycles. The van der Waals surface area contributed by atoms with Crippen LogP contribution >= 0.6 is 12.2 Å². The van der Waals surface area contributed by atoms with E-state index in [1.807, 2.05) is 37.8 Å². The minimum atomic E-state index is 0.743. The number of nitrogens with one attached hydrogen (secondary N) is 1. The number of hydrogen-bond acceptors (Lipinski definition) is 2. The molecule has 0 fully saturated rings. The maximum atomic E-state index is 4.95. The molecule has 0 unspecified atom stereocenters. The number of pyridine rings is 1. The summed E-state index contributed by atoms with van der Waals surface area (Å²) in [7, 11) is 1.90. The lowest BCUT2D eigenvalue weighted by Crippen LogP contribution is -1.84. The van der Waals surface area contributed by atoms with Crippen LogP contribution in [0.5, 0.6) is 0 Å². The molecule has 0 atom stereocenters. The molecule has 2 rings (SSSR count). The lowest BCUT2D eigenvalue weighted by molar-refractivity contribution is 0.768. The first-order chi connectivity index (χ1) is 6.25. The topological polar surface area (TPSA) is 33.6 Å². The fourth-order valence-electron chi connectivity index (χ4n) is 1.16. The molecule has 0 aliphatic rings. The van der Waals surface area contributed by atoms with Crippen molar-refractivity contribution in [3.63, 3.8) is 0 Å². The zero-order chi connectivity index (χ0) is 9.26. The van der Waals surface area contributed by atoms with Crippen LogP contribution in [0.2, 0.25) is 0 Å². The van der Waals surface area contributed by atoms with Crippen molar-refractivity contribution in [1.82, 2.24) is 14.8 Å². The van der Waals surface area contributed by atoms with Gasteiger partial charge in [-0.2, -0.15) is 5.10 Å². The molecule has 2 aromatic heterocycles. The van der Waals surface area contributed by atoms with Crippen molar-refractivity contribution < 1.29 is 0 Å². The molecule has 0 aliphatic carbocycles. The van der Waals surface area contributed by atoms with Crippen molar-refractivity contribution in [2.24, 2.45) is 7.05 Å². The zero-order valence-corrected chi connectivity index (χ0v) is 8.01. The smallest absolute Gasteiger partial charge is 0.103 e. The van der Waals surface area contributed by atoms with E-state index in [2.05, 4.69) is 10.1 Å². The number of H-pyrrole nitrogens is 1. The molecular formula is C9H9N3S. The predicted octanol–water partition coefficient (Wildman–Crippen LogP) is 2.14. The van der Waals surface area contributed by atoms with Gasteiger partial charge in [0.1, 0.15) is 4.64 Å². The largest absolute Gasteiger partial charge is 0.352 e. The third-order valence-electron chi connectivity index (χ3n) is 1.82. The fraction of sp³-hybridized carbons (Fsp3) is 0.111. The van der Waals surface area contributed by atoms with Crippen LogP contribution in [0.1, 0.15) is 0 Å². The second-order valence-electron chi connectivity index (χ2n) is 2.84. The third kappa shape index (κ3) is 1.67. The summed E-state index contributed by atoms with van der Waals surface area (Å²) in [6, 6.07) is 3.85. The first-order valence-corrected chi connectivity index (χ1v) is 4.34. The molecule has 2 aromatic rings. The van der Waals surface area contributed by atoms with Crippen LogP contribution in [0.4, 0.5) is 0 Å². The first kappa shape index (κ1) is 8.19. The number of aryl methyl sites for hydroxylation is 1. The van der Waals surface area contributed by atoms with Gasteiger partial charge in [-0.15, -0.1) is 0 Å². The Morgan fingerprint density at radius 2 is 2.23 bits per heavy atom. The van der Waals surface area contributed by atoms with Crippen molar-refractivity contribution in [3.05, 3.63) is 35.4 Å². The molecular weight excluding hydrogens is 182 g/mol. The monoisotopic (exact) mass is 191 g/mol. The average Bonchev–Trinajstić information content (AvgIpc) is 2.53. The van der Waals surface area contributed by atoms with Gasteiger partial charge in [-0.3, -0.25) is 4.68 Å². The van der Waals surface area contributed by atoms with E-state index in [-0.39, 0.29) is 0 Å². The highest BCUT2D eigenvalue weighted by molar-refractivity contribution is 7.71. The third-order valence-corrected chi connectivity index (χ3v) is 2.08. The Morgan fingerprint density at radius 3 is 2.77 bits per heavy atom. The molecule has 0 bridgehead atoms. The van der Waals surface area contributed by atoms with Crippen LogP contribution in [0.25, 0.3) is 11.1 Å². The molecule has 13 heavy (non-hydrogen) atoms. The summed E-state index contributed by atoms with van der Waals surface area (Å²) in [4.78, 5) is 2.99. The van der Waals surface area contributed by atoms with Gasteiger partial charge in [-0.05, 0) is 12.1 Å². The van der Waals surface area contributed by atoms with Gasteiger partial charge in [0.05, 0.1) is 6.20 Å². The van der Waals surface area contributed by atoms with Crippen LogP contribution in [0.3, 0.4) is 0 Å². The molecule has 3 nitrogen and oxygen atoms in total. The van der Waals surface area contributed by atoms with Crippen molar-refractivity contribution in [1.29, 1.82) is 0 Å². The molecule has 66 valence electrons. The van der Waals surface area contributed by atoms with Crippen molar-refractivity contribution >= 4 is 12.2 Å². The van der Waals surface area contributed by atoms with Crippen LogP contribution in [-0.2, 0) is 7.05 Å². The molecule has 4 heteroatoms. The molecule has 0 amide bonds. The number of aromatic nitrogens is 3. The number of nitrogens with zero attached hydrogens (tertiary/aromatic N) is 2. The highest BCUT2D eigenvalue weighted by Crippen LogP contribution is 2.15. The average molecular weight is 191 g/mol. The molecule has 0 radical (unpaired) electrons. The van der Waals surface area contributed by atoms with E-state index in [0.717, 1.165) is 15.8 Å². The van der Waals surface area contributed by atoms with Crippen molar-refractivity contribution in [2.45, 2.75) is 0 Å². The van der Waals surface area contributed by atoms with Gasteiger partial charge >= 0.3 is 0 Å². The Balaban J connectivity index is 2.47. The zero-order valence-electron chi connectivity index (χ0n) is 7.19. The second kappa shape index (κ2) is 3.14. The fourth-order valence-corrected chi connectivity index (χ4v) is 1.29. The van der Waals surface area contributed by atoms with E-state index < -0.39 is 0 Å². The summed E-state index contributed by atoms with van der Waals surface area (Å²) >= 11 is 4.95. The summed E-state index contributed by atoms with van der Waals surface area (Å²) < 4.78 is 2.52. The predicted molar refractivity (Wildman–Crippen MR) is 53.8 cm³/mol. The summed E-state index contributed by atoms with van der Waals surface area (Å²) in [5, 5.41) is 4.09. The Labute approximate surface area is 81.0 Å². The number of rotatable bonds is 1. The molecule has 0 aliphatic heterocycles. The highest BCUT2D eigenvalue weighted by atomic mass is 32.1. The molecule has 1 N–H and O–H groups in total. The van der Waals surface area contributed by atoms with Gasteiger partial charge in [-0.25, -0.2) is 0 Å². The van der Waals surface area contributed by atoms with Crippen molar-refractivity contribution in [3.8, 4) is 11.1 Å². The Morgan fingerprint density at radius 1 is 1.38 bits per heavy atom. The number of aromatic amines is 1. The summed E-state index contributed by atoms with van der Waals surface area (Å²) in [5.41, 5.74) is 2.19. The van der Waals surface area contributed by atoms with Gasteiger partial charge in [0.2, 0.25) is 0 Å². The molecule has 0 saturated heterocycles. The second-order valence-corrected chi connectivity index (χ2v) is 3.28. The van der Waals surface area contributed by atoms with Gasteiger partial charge < -0.3 is 4.98 Å².